The second kappa shape index (κ2) is 2.19. The third kappa shape index (κ3) is 0.850. The van der Waals surface area contributed by atoms with E-state index in [0.29, 0.717) is 0 Å². The highest BCUT2D eigenvalue weighted by Crippen LogP contribution is 2.12. The molecule has 0 unspecified atom stereocenters. The van der Waals surface area contributed by atoms with Crippen molar-refractivity contribution >= 4 is 11.9 Å². The minimum atomic E-state index is 1.00. The van der Waals surface area contributed by atoms with Crippen LogP contribution in [-0.2, 0) is 0 Å². The molecule has 1 aromatic heterocycles. The molecule has 1 rings (SSSR count). The zero-order chi connectivity index (χ0) is 5.98. The Morgan fingerprint density at radius 2 is 2.62 bits per heavy atom. The van der Waals surface area contributed by atoms with Gasteiger partial charge in [-0.15, -0.1) is 0 Å². The Morgan fingerprint density at radius 1 is 1.88 bits per heavy atom. The molecule has 4 heteroatoms. The number of hydrogen-bond acceptors (Lipinski definition) is 3. The van der Waals surface area contributed by atoms with Crippen molar-refractivity contribution in [1.29, 1.82) is 0 Å². The van der Waals surface area contributed by atoms with Gasteiger partial charge in [0.05, 0.1) is 11.1 Å². The minimum absolute atomic E-state index is 1.00. The van der Waals surface area contributed by atoms with Crippen molar-refractivity contribution < 1.29 is 0 Å². The summed E-state index contributed by atoms with van der Waals surface area (Å²) in [4.78, 5) is 1.00. The number of hydrogen-bond donors (Lipinski definition) is 2. The number of aromatic amines is 1. The van der Waals surface area contributed by atoms with E-state index in [9.17, 15) is 0 Å². The van der Waals surface area contributed by atoms with Gasteiger partial charge in [-0.25, -0.2) is 0 Å². The molecule has 1 heterocycles. The highest BCUT2D eigenvalue weighted by molar-refractivity contribution is 7.97. The van der Waals surface area contributed by atoms with Crippen molar-refractivity contribution in [3.8, 4) is 0 Å². The van der Waals surface area contributed by atoms with E-state index in [1.54, 1.807) is 6.20 Å². The zero-order valence-electron chi connectivity index (χ0n) is 4.51. The molecule has 0 atom stereocenters. The Balaban J connectivity index is 2.92. The molecule has 1 aromatic rings. The van der Waals surface area contributed by atoms with Crippen LogP contribution < -0.4 is 5.14 Å². The van der Waals surface area contributed by atoms with Crippen LogP contribution >= 0.6 is 11.9 Å². The molecule has 0 aliphatic heterocycles. The maximum Gasteiger partial charge on any atom is 0.0639 e. The maximum atomic E-state index is 5.25. The van der Waals surface area contributed by atoms with E-state index in [4.69, 9.17) is 5.14 Å². The molecule has 3 N–H and O–H groups in total. The summed E-state index contributed by atoms with van der Waals surface area (Å²) in [5.41, 5.74) is 1.03. The number of H-pyrrole nitrogens is 1. The molecule has 0 bridgehead atoms. The fraction of sp³-hybridized carbons (Fsp3) is 0.250. The molecular formula is C4H7N3S. The van der Waals surface area contributed by atoms with Gasteiger partial charge in [0.25, 0.3) is 0 Å². The van der Waals surface area contributed by atoms with Crippen LogP contribution in [0.15, 0.2) is 11.1 Å². The Labute approximate surface area is 51.8 Å². The summed E-state index contributed by atoms with van der Waals surface area (Å²) in [5, 5.41) is 11.8. The molecule has 3 nitrogen and oxygen atoms in total. The first-order valence-corrected chi connectivity index (χ1v) is 3.09. The zero-order valence-corrected chi connectivity index (χ0v) is 5.33. The lowest BCUT2D eigenvalue weighted by Gasteiger charge is -1.85. The number of nitrogens with two attached hydrogens (primary N) is 1. The lowest BCUT2D eigenvalue weighted by atomic mass is 10.5. The summed E-state index contributed by atoms with van der Waals surface area (Å²) in [6.45, 7) is 1.93. The normalized spacial score (nSPS) is 9.75. The molecule has 8 heavy (non-hydrogen) atoms. The van der Waals surface area contributed by atoms with Gasteiger partial charge in [-0.05, 0) is 18.9 Å². The van der Waals surface area contributed by atoms with Crippen LogP contribution in [0.5, 0.6) is 0 Å². The average molecular weight is 129 g/mol. The smallest absolute Gasteiger partial charge is 0.0639 e. The van der Waals surface area contributed by atoms with E-state index < -0.39 is 0 Å². The number of rotatable bonds is 1. The molecule has 0 saturated carbocycles. The van der Waals surface area contributed by atoms with E-state index >= 15 is 0 Å². The van der Waals surface area contributed by atoms with E-state index in [0.717, 1.165) is 10.6 Å². The van der Waals surface area contributed by atoms with Crippen molar-refractivity contribution in [3.05, 3.63) is 11.9 Å². The summed E-state index contributed by atoms with van der Waals surface area (Å²) in [6, 6.07) is 0. The predicted molar refractivity (Wildman–Crippen MR) is 33.4 cm³/mol. The Bertz CT molecular complexity index is 172. The minimum Gasteiger partial charge on any atom is -0.282 e. The fourth-order valence-electron chi connectivity index (χ4n) is 0.458. The first-order valence-electron chi connectivity index (χ1n) is 2.21. The number of aromatic nitrogens is 2. The van der Waals surface area contributed by atoms with E-state index in [-0.39, 0.29) is 0 Å². The average Bonchev–Trinajstić information content (AvgIpc) is 2.14. The molecule has 0 saturated heterocycles. The van der Waals surface area contributed by atoms with Crippen LogP contribution in [-0.4, -0.2) is 10.2 Å². The predicted octanol–water partition coefficient (Wildman–Crippen LogP) is 0.684. The van der Waals surface area contributed by atoms with Gasteiger partial charge in [0.15, 0.2) is 0 Å². The summed E-state index contributed by atoms with van der Waals surface area (Å²) >= 11 is 1.21. The maximum absolute atomic E-state index is 5.25. The van der Waals surface area contributed by atoms with Crippen molar-refractivity contribution in [2.75, 3.05) is 0 Å². The van der Waals surface area contributed by atoms with Crippen molar-refractivity contribution in [2.24, 2.45) is 5.14 Å². The summed E-state index contributed by atoms with van der Waals surface area (Å²) in [6.07, 6.45) is 1.71. The summed E-state index contributed by atoms with van der Waals surface area (Å²) in [7, 11) is 0. The molecule has 0 aliphatic carbocycles. The molecule has 0 spiro atoms. The van der Waals surface area contributed by atoms with Gasteiger partial charge in [-0.1, -0.05) is 0 Å². The first kappa shape index (κ1) is 5.65. The van der Waals surface area contributed by atoms with Gasteiger partial charge < -0.3 is 0 Å². The molecule has 0 amide bonds. The van der Waals surface area contributed by atoms with Crippen LogP contribution in [0, 0.1) is 6.92 Å². The third-order valence-corrected chi connectivity index (χ3v) is 1.58. The topological polar surface area (TPSA) is 54.7 Å². The van der Waals surface area contributed by atoms with Crippen LogP contribution in [0.2, 0.25) is 0 Å². The van der Waals surface area contributed by atoms with Gasteiger partial charge in [0.2, 0.25) is 0 Å². The van der Waals surface area contributed by atoms with Crippen LogP contribution in [0.4, 0.5) is 0 Å². The first-order chi connectivity index (χ1) is 3.84. The van der Waals surface area contributed by atoms with Gasteiger partial charge >= 0.3 is 0 Å². The standard InChI is InChI=1S/C4H7N3S/c1-3-4(8-5)2-6-7-3/h2H,5H2,1H3,(H,6,7). The third-order valence-electron chi connectivity index (χ3n) is 0.911. The lowest BCUT2D eigenvalue weighted by Crippen LogP contribution is -1.78. The van der Waals surface area contributed by atoms with Gasteiger partial charge in [0.1, 0.15) is 0 Å². The Hall–Kier alpha value is -0.480. The molecule has 44 valence electrons. The second-order valence-electron chi connectivity index (χ2n) is 1.48. The molecule has 0 aromatic carbocycles. The van der Waals surface area contributed by atoms with Crippen LogP contribution in [0.1, 0.15) is 5.69 Å². The van der Waals surface area contributed by atoms with Crippen LogP contribution in [0.3, 0.4) is 0 Å². The molecule has 0 fully saturated rings. The Morgan fingerprint density at radius 3 is 2.88 bits per heavy atom. The van der Waals surface area contributed by atoms with Crippen LogP contribution in [0.25, 0.3) is 0 Å². The monoisotopic (exact) mass is 129 g/mol. The van der Waals surface area contributed by atoms with Crippen molar-refractivity contribution in [3.63, 3.8) is 0 Å². The quantitative estimate of drug-likeness (QED) is 0.548. The van der Waals surface area contributed by atoms with Gasteiger partial charge in [0, 0.05) is 5.69 Å². The number of aryl methyl sites for hydroxylation is 1. The largest absolute Gasteiger partial charge is 0.282 e. The number of nitrogens with zero attached hydrogens (tertiary/aromatic N) is 1. The molecule has 0 aliphatic rings. The van der Waals surface area contributed by atoms with Crippen molar-refractivity contribution in [1.82, 2.24) is 10.2 Å². The molecular weight excluding hydrogens is 122 g/mol. The van der Waals surface area contributed by atoms with E-state index in [1.165, 1.54) is 11.9 Å². The highest BCUT2D eigenvalue weighted by atomic mass is 32.2. The van der Waals surface area contributed by atoms with Gasteiger partial charge in [-0.2, -0.15) is 5.10 Å². The second-order valence-corrected chi connectivity index (χ2v) is 2.15. The van der Waals surface area contributed by atoms with E-state index in [1.807, 2.05) is 6.92 Å². The SMILES string of the molecule is Cc1[nH]ncc1SN. The fourth-order valence-corrected chi connectivity index (χ4v) is 0.794. The summed E-state index contributed by atoms with van der Waals surface area (Å²) < 4.78 is 0. The lowest BCUT2D eigenvalue weighted by molar-refractivity contribution is 1.04. The number of nitrogens with one attached hydrogen (secondary N) is 1. The van der Waals surface area contributed by atoms with Crippen molar-refractivity contribution in [2.45, 2.75) is 11.8 Å². The molecule has 0 radical (unpaired) electrons. The highest BCUT2D eigenvalue weighted by Gasteiger charge is 1.94. The van der Waals surface area contributed by atoms with Gasteiger partial charge in [-0.3, -0.25) is 10.2 Å². The summed E-state index contributed by atoms with van der Waals surface area (Å²) in [5.74, 6) is 0. The Kier molecular flexibility index (Phi) is 1.55. The van der Waals surface area contributed by atoms with E-state index in [2.05, 4.69) is 10.2 Å².